The van der Waals surface area contributed by atoms with Crippen molar-refractivity contribution in [2.75, 3.05) is 0 Å². The van der Waals surface area contributed by atoms with Gasteiger partial charge in [-0.25, -0.2) is 0 Å². The molecule has 18 heavy (non-hydrogen) atoms. The molecule has 0 spiro atoms. The maximum atomic E-state index is 12.0. The highest BCUT2D eigenvalue weighted by Gasteiger charge is 2.48. The number of amides is 1. The predicted octanol–water partition coefficient (Wildman–Crippen LogP) is -0.304. The van der Waals surface area contributed by atoms with E-state index >= 15 is 0 Å². The third-order valence-corrected chi connectivity index (χ3v) is 3.90. The monoisotopic (exact) mass is 252 g/mol. The molecule has 1 aliphatic carbocycles. The van der Waals surface area contributed by atoms with Gasteiger partial charge in [-0.3, -0.25) is 9.48 Å². The van der Waals surface area contributed by atoms with Gasteiger partial charge in [0.2, 0.25) is 5.91 Å². The molecule has 4 N–H and O–H groups in total. The van der Waals surface area contributed by atoms with Gasteiger partial charge >= 0.3 is 0 Å². The van der Waals surface area contributed by atoms with E-state index in [0.29, 0.717) is 12.0 Å². The zero-order valence-electron chi connectivity index (χ0n) is 10.9. The minimum atomic E-state index is -0.716. The molecule has 100 valence electrons. The third kappa shape index (κ3) is 2.13. The Balaban J connectivity index is 1.97. The molecule has 1 amide bonds. The first kappa shape index (κ1) is 13.0. The highest BCUT2D eigenvalue weighted by molar-refractivity contribution is 5.83. The maximum absolute atomic E-state index is 12.0. The number of hydrogen-bond acceptors (Lipinski definition) is 4. The van der Waals surface area contributed by atoms with E-state index in [0.717, 1.165) is 0 Å². The molecule has 0 radical (unpaired) electrons. The highest BCUT2D eigenvalue weighted by Crippen LogP contribution is 2.40. The molecule has 1 aliphatic rings. The summed E-state index contributed by atoms with van der Waals surface area (Å²) in [7, 11) is 1.78. The first-order valence-corrected chi connectivity index (χ1v) is 6.05. The summed E-state index contributed by atoms with van der Waals surface area (Å²) in [5.74, 6) is -0.229. The van der Waals surface area contributed by atoms with Gasteiger partial charge in [-0.1, -0.05) is 13.8 Å². The van der Waals surface area contributed by atoms with Gasteiger partial charge in [0.05, 0.1) is 12.3 Å². The van der Waals surface area contributed by atoms with E-state index in [9.17, 15) is 9.90 Å². The Labute approximate surface area is 106 Å². The second kappa shape index (κ2) is 4.37. The molecule has 1 fully saturated rings. The number of aromatic nitrogens is 2. The Kier molecular flexibility index (Phi) is 3.16. The van der Waals surface area contributed by atoms with Crippen LogP contribution in [-0.2, 0) is 11.8 Å². The Morgan fingerprint density at radius 1 is 1.72 bits per heavy atom. The van der Waals surface area contributed by atoms with Gasteiger partial charge in [-0.15, -0.1) is 0 Å². The quantitative estimate of drug-likeness (QED) is 0.688. The largest absolute Gasteiger partial charge is 0.392 e. The molecule has 3 unspecified atom stereocenters. The SMILES string of the molecule is Cn1cc(C(N)C(=O)NC2CC(O)C2(C)C)cn1. The molecule has 1 aromatic heterocycles. The van der Waals surface area contributed by atoms with Crippen molar-refractivity contribution in [3.8, 4) is 0 Å². The predicted molar refractivity (Wildman–Crippen MR) is 66.5 cm³/mol. The van der Waals surface area contributed by atoms with E-state index in [1.807, 2.05) is 13.8 Å². The molecule has 1 heterocycles. The number of aliphatic hydroxyl groups is 1. The third-order valence-electron chi connectivity index (χ3n) is 3.90. The van der Waals surface area contributed by atoms with Gasteiger partial charge < -0.3 is 16.2 Å². The summed E-state index contributed by atoms with van der Waals surface area (Å²) in [5, 5.41) is 16.5. The molecule has 6 nitrogen and oxygen atoms in total. The topological polar surface area (TPSA) is 93.2 Å². The lowest BCUT2D eigenvalue weighted by atomic mass is 9.64. The van der Waals surface area contributed by atoms with E-state index in [1.54, 1.807) is 24.1 Å². The number of nitrogens with one attached hydrogen (secondary N) is 1. The van der Waals surface area contributed by atoms with Crippen molar-refractivity contribution in [1.82, 2.24) is 15.1 Å². The van der Waals surface area contributed by atoms with Gasteiger partial charge in [-0.05, 0) is 6.42 Å². The van der Waals surface area contributed by atoms with E-state index in [1.165, 1.54) is 0 Å². The van der Waals surface area contributed by atoms with Crippen molar-refractivity contribution in [3.05, 3.63) is 18.0 Å². The van der Waals surface area contributed by atoms with Gasteiger partial charge in [0.15, 0.2) is 0 Å². The number of nitrogens with zero attached hydrogens (tertiary/aromatic N) is 2. The van der Waals surface area contributed by atoms with Crippen LogP contribution in [-0.4, -0.2) is 32.9 Å². The lowest BCUT2D eigenvalue weighted by Gasteiger charge is -2.49. The summed E-state index contributed by atoms with van der Waals surface area (Å²) < 4.78 is 1.61. The Morgan fingerprint density at radius 2 is 2.39 bits per heavy atom. The zero-order chi connectivity index (χ0) is 13.5. The molecule has 6 heteroatoms. The minimum Gasteiger partial charge on any atom is -0.392 e. The van der Waals surface area contributed by atoms with Crippen molar-refractivity contribution in [1.29, 1.82) is 0 Å². The van der Waals surface area contributed by atoms with Crippen LogP contribution in [0.3, 0.4) is 0 Å². The van der Waals surface area contributed by atoms with E-state index < -0.39 is 6.04 Å². The fourth-order valence-electron chi connectivity index (χ4n) is 2.16. The number of rotatable bonds is 3. The number of aliphatic hydroxyl groups excluding tert-OH is 1. The molecule has 0 aromatic carbocycles. The molecule has 0 saturated heterocycles. The number of carbonyl (C=O) groups is 1. The number of carbonyl (C=O) groups excluding carboxylic acids is 1. The highest BCUT2D eigenvalue weighted by atomic mass is 16.3. The van der Waals surface area contributed by atoms with Crippen molar-refractivity contribution in [2.24, 2.45) is 18.2 Å². The van der Waals surface area contributed by atoms with Crippen LogP contribution >= 0.6 is 0 Å². The van der Waals surface area contributed by atoms with Crippen molar-refractivity contribution >= 4 is 5.91 Å². The molecule has 2 rings (SSSR count). The number of nitrogens with two attached hydrogens (primary N) is 1. The second-order valence-electron chi connectivity index (χ2n) is 5.56. The molecule has 1 saturated carbocycles. The van der Waals surface area contributed by atoms with Gasteiger partial charge in [0.25, 0.3) is 0 Å². The first-order chi connectivity index (χ1) is 8.32. The van der Waals surface area contributed by atoms with Crippen LogP contribution in [0.15, 0.2) is 12.4 Å². The summed E-state index contributed by atoms with van der Waals surface area (Å²) in [6.07, 6.45) is 3.53. The summed E-state index contributed by atoms with van der Waals surface area (Å²) in [6, 6.07) is -0.741. The maximum Gasteiger partial charge on any atom is 0.241 e. The van der Waals surface area contributed by atoms with Crippen molar-refractivity contribution < 1.29 is 9.90 Å². The average Bonchev–Trinajstić information content (AvgIpc) is 2.74. The summed E-state index contributed by atoms with van der Waals surface area (Å²) >= 11 is 0. The molecule has 1 aromatic rings. The Bertz CT molecular complexity index is 455. The number of aryl methyl sites for hydroxylation is 1. The van der Waals surface area contributed by atoms with E-state index in [4.69, 9.17) is 5.73 Å². The Hall–Kier alpha value is -1.40. The van der Waals surface area contributed by atoms with E-state index in [2.05, 4.69) is 10.4 Å². The minimum absolute atomic E-state index is 0.0253. The molecule has 0 aliphatic heterocycles. The summed E-state index contributed by atoms with van der Waals surface area (Å²) in [6.45, 7) is 3.86. The van der Waals surface area contributed by atoms with Crippen LogP contribution in [0.1, 0.15) is 31.9 Å². The molecular weight excluding hydrogens is 232 g/mol. The molecule has 0 bridgehead atoms. The number of hydrogen-bond donors (Lipinski definition) is 3. The smallest absolute Gasteiger partial charge is 0.241 e. The summed E-state index contributed by atoms with van der Waals surface area (Å²) in [5.41, 5.74) is 6.27. The van der Waals surface area contributed by atoms with Gasteiger partial charge in [-0.2, -0.15) is 5.10 Å². The van der Waals surface area contributed by atoms with Crippen LogP contribution < -0.4 is 11.1 Å². The van der Waals surface area contributed by atoms with Crippen LogP contribution in [0.2, 0.25) is 0 Å². The van der Waals surface area contributed by atoms with Crippen LogP contribution in [0.4, 0.5) is 0 Å². The molecular formula is C12H20N4O2. The normalized spacial score (nSPS) is 27.4. The average molecular weight is 252 g/mol. The fraction of sp³-hybridized carbons (Fsp3) is 0.667. The first-order valence-electron chi connectivity index (χ1n) is 6.05. The van der Waals surface area contributed by atoms with E-state index in [-0.39, 0.29) is 23.5 Å². The molecule has 3 atom stereocenters. The van der Waals surface area contributed by atoms with Crippen LogP contribution in [0, 0.1) is 5.41 Å². The zero-order valence-corrected chi connectivity index (χ0v) is 10.9. The van der Waals surface area contributed by atoms with Gasteiger partial charge in [0, 0.05) is 30.3 Å². The van der Waals surface area contributed by atoms with Gasteiger partial charge in [0.1, 0.15) is 6.04 Å². The standard InChI is InChI=1S/C12H20N4O2/c1-12(2)8(4-9(12)17)15-11(18)10(13)7-5-14-16(3)6-7/h5-6,8-10,17H,4,13H2,1-3H3,(H,15,18). The summed E-state index contributed by atoms with van der Waals surface area (Å²) in [4.78, 5) is 12.0. The lowest BCUT2D eigenvalue weighted by molar-refractivity contribution is -0.130. The fourth-order valence-corrected chi connectivity index (χ4v) is 2.16. The lowest BCUT2D eigenvalue weighted by Crippen LogP contribution is -2.62. The Morgan fingerprint density at radius 3 is 2.83 bits per heavy atom. The van der Waals surface area contributed by atoms with Crippen LogP contribution in [0.5, 0.6) is 0 Å². The van der Waals surface area contributed by atoms with Crippen molar-refractivity contribution in [3.63, 3.8) is 0 Å². The second-order valence-corrected chi connectivity index (χ2v) is 5.56. The van der Waals surface area contributed by atoms with Crippen molar-refractivity contribution in [2.45, 2.75) is 38.5 Å². The van der Waals surface area contributed by atoms with Crippen LogP contribution in [0.25, 0.3) is 0 Å².